The van der Waals surface area contributed by atoms with Crippen molar-refractivity contribution in [3.63, 3.8) is 0 Å². The molecule has 0 saturated carbocycles. The van der Waals surface area contributed by atoms with Crippen LogP contribution in [0.4, 0.5) is 0 Å². The molecule has 0 heteroatoms. The minimum Gasteiger partial charge on any atom is -0.0984 e. The molecular weight excluding hydrogens is 613 g/mol. The summed E-state index contributed by atoms with van der Waals surface area (Å²) in [6, 6.07) is 58.3. The number of fused-ring (bicyclic) bond motifs is 7. The third-order valence-corrected chi connectivity index (χ3v) is 11.4. The highest BCUT2D eigenvalue weighted by atomic mass is 14.4. The fourth-order valence-electron chi connectivity index (χ4n) is 8.88. The molecule has 8 aromatic carbocycles. The first-order chi connectivity index (χ1) is 25.0. The Balaban J connectivity index is 1.05. The van der Waals surface area contributed by atoms with Crippen molar-refractivity contribution in [3.8, 4) is 44.5 Å². The molecule has 0 radical (unpaired) electrons. The second kappa shape index (κ2) is 11.1. The van der Waals surface area contributed by atoms with E-state index in [0.717, 1.165) is 5.57 Å². The van der Waals surface area contributed by atoms with E-state index in [0.29, 0.717) is 0 Å². The lowest BCUT2D eigenvalue weighted by molar-refractivity contribution is 0.660. The largest absolute Gasteiger partial charge is 0.0984 e. The monoisotopic (exact) mass is 648 g/mol. The van der Waals surface area contributed by atoms with E-state index in [4.69, 9.17) is 0 Å². The summed E-state index contributed by atoms with van der Waals surface area (Å²) in [6.07, 6.45) is 4.32. The molecule has 0 heterocycles. The fraction of sp³-hybridized carbons (Fsp3) is 0.0588. The average Bonchev–Trinajstić information content (AvgIpc) is 3.62. The van der Waals surface area contributed by atoms with Gasteiger partial charge in [0.15, 0.2) is 0 Å². The summed E-state index contributed by atoms with van der Waals surface area (Å²) in [5, 5.41) is 7.52. The molecule has 0 aromatic heterocycles. The molecule has 0 fully saturated rings. The van der Waals surface area contributed by atoms with Crippen LogP contribution in [0, 0.1) is 0 Å². The van der Waals surface area contributed by atoms with E-state index in [1.165, 1.54) is 98.7 Å². The van der Waals surface area contributed by atoms with Gasteiger partial charge in [0, 0.05) is 5.41 Å². The molecule has 0 saturated heterocycles. The Bertz CT molecular complexity index is 2870. The highest BCUT2D eigenvalue weighted by Gasteiger charge is 2.35. The van der Waals surface area contributed by atoms with Crippen molar-refractivity contribution < 1.29 is 0 Å². The zero-order valence-electron chi connectivity index (χ0n) is 28.9. The SMILES string of the molecule is C=C/C(c1ccc2c(c1)C(C)(C)c1ccccc1-2)=c1/cccc/c1=C\c1ccc2cc(-c3ccc4c5c(cccc35)-c3ccccc3-4)ccc2c1. The van der Waals surface area contributed by atoms with E-state index in [1.807, 2.05) is 6.08 Å². The van der Waals surface area contributed by atoms with Crippen LogP contribution in [0.15, 0.2) is 170 Å². The summed E-state index contributed by atoms with van der Waals surface area (Å²) in [7, 11) is 0. The fourth-order valence-corrected chi connectivity index (χ4v) is 8.88. The first-order valence-electron chi connectivity index (χ1n) is 17.9. The molecule has 0 N–H and O–H groups in total. The van der Waals surface area contributed by atoms with Gasteiger partial charge in [0.25, 0.3) is 0 Å². The van der Waals surface area contributed by atoms with Crippen molar-refractivity contribution >= 4 is 33.2 Å². The molecule has 0 bridgehead atoms. The van der Waals surface area contributed by atoms with Crippen LogP contribution < -0.4 is 10.4 Å². The summed E-state index contributed by atoms with van der Waals surface area (Å²) >= 11 is 0. The highest BCUT2D eigenvalue weighted by Crippen LogP contribution is 2.50. The van der Waals surface area contributed by atoms with Crippen LogP contribution >= 0.6 is 0 Å². The van der Waals surface area contributed by atoms with E-state index < -0.39 is 0 Å². The predicted molar refractivity (Wildman–Crippen MR) is 217 cm³/mol. The lowest BCUT2D eigenvalue weighted by atomic mass is 9.81. The first-order valence-corrected chi connectivity index (χ1v) is 17.9. The van der Waals surface area contributed by atoms with Crippen LogP contribution in [0.1, 0.15) is 36.1 Å². The van der Waals surface area contributed by atoms with E-state index in [2.05, 4.69) is 184 Å². The molecule has 0 atom stereocenters. The van der Waals surface area contributed by atoms with Gasteiger partial charge in [-0.2, -0.15) is 0 Å². The molecule has 0 aliphatic heterocycles. The molecule has 0 spiro atoms. The van der Waals surface area contributed by atoms with Crippen molar-refractivity contribution in [2.75, 3.05) is 0 Å². The number of benzene rings is 8. The molecule has 10 rings (SSSR count). The third-order valence-electron chi connectivity index (χ3n) is 11.4. The average molecular weight is 649 g/mol. The van der Waals surface area contributed by atoms with Gasteiger partial charge in [-0.05, 0) is 129 Å². The Labute approximate surface area is 299 Å². The van der Waals surface area contributed by atoms with E-state index in [1.54, 1.807) is 0 Å². The van der Waals surface area contributed by atoms with Gasteiger partial charge in [0.2, 0.25) is 0 Å². The molecule has 0 amide bonds. The van der Waals surface area contributed by atoms with Crippen LogP contribution in [-0.2, 0) is 5.41 Å². The Morgan fingerprint density at radius 2 is 1.16 bits per heavy atom. The van der Waals surface area contributed by atoms with Crippen LogP contribution in [0.3, 0.4) is 0 Å². The normalized spacial score (nSPS) is 14.4. The standard InChI is InChI=1S/C51H36/c1-4-38(37-24-25-44-43-16-9-10-19-48(43)51(2,3)49(44)31-37)39-13-6-5-12-35(39)29-32-20-21-34-30-36(23-22-33(34)28-32)40-26-27-47-42-15-8-7-14-41(42)46-18-11-17-45(40)50(46)47/h4-31H,1H2,2-3H3/b35-29+,39-38+. The Kier molecular flexibility index (Phi) is 6.48. The van der Waals surface area contributed by atoms with Gasteiger partial charge in [-0.25, -0.2) is 0 Å². The maximum Gasteiger partial charge on any atom is 0.0159 e. The molecule has 51 heavy (non-hydrogen) atoms. The summed E-state index contributed by atoms with van der Waals surface area (Å²) in [6.45, 7) is 8.97. The van der Waals surface area contributed by atoms with E-state index in [-0.39, 0.29) is 5.41 Å². The van der Waals surface area contributed by atoms with Gasteiger partial charge in [-0.1, -0.05) is 166 Å². The number of rotatable bonds is 4. The highest BCUT2D eigenvalue weighted by molar-refractivity contribution is 6.18. The van der Waals surface area contributed by atoms with E-state index >= 15 is 0 Å². The van der Waals surface area contributed by atoms with Gasteiger partial charge >= 0.3 is 0 Å². The Morgan fingerprint density at radius 3 is 2.00 bits per heavy atom. The Morgan fingerprint density at radius 1 is 0.510 bits per heavy atom. The van der Waals surface area contributed by atoms with Crippen molar-refractivity contribution in [1.29, 1.82) is 0 Å². The molecule has 2 aliphatic carbocycles. The summed E-state index contributed by atoms with van der Waals surface area (Å²) in [5.74, 6) is 0. The lowest BCUT2D eigenvalue weighted by Gasteiger charge is -2.22. The quantitative estimate of drug-likeness (QED) is 0.178. The minimum absolute atomic E-state index is 0.0506. The van der Waals surface area contributed by atoms with Gasteiger partial charge in [-0.15, -0.1) is 0 Å². The first kappa shape index (κ1) is 29.7. The van der Waals surface area contributed by atoms with Gasteiger partial charge < -0.3 is 0 Å². The predicted octanol–water partition coefficient (Wildman–Crippen LogP) is 11.8. The minimum atomic E-state index is -0.0506. The van der Waals surface area contributed by atoms with Crippen LogP contribution in [0.2, 0.25) is 0 Å². The zero-order chi connectivity index (χ0) is 34.3. The molecule has 2 aliphatic rings. The van der Waals surface area contributed by atoms with Crippen LogP contribution in [-0.4, -0.2) is 0 Å². The van der Waals surface area contributed by atoms with Gasteiger partial charge in [-0.3, -0.25) is 0 Å². The van der Waals surface area contributed by atoms with Crippen molar-refractivity contribution in [2.45, 2.75) is 19.3 Å². The van der Waals surface area contributed by atoms with Crippen LogP contribution in [0.5, 0.6) is 0 Å². The number of hydrogen-bond acceptors (Lipinski definition) is 0. The summed E-state index contributed by atoms with van der Waals surface area (Å²) in [5.41, 5.74) is 16.8. The molecule has 8 aromatic rings. The van der Waals surface area contributed by atoms with Crippen LogP contribution in [0.25, 0.3) is 77.7 Å². The second-order valence-electron chi connectivity index (χ2n) is 14.5. The Hall–Kier alpha value is -6.24. The van der Waals surface area contributed by atoms with Gasteiger partial charge in [0.1, 0.15) is 0 Å². The lowest BCUT2D eigenvalue weighted by Crippen LogP contribution is -2.26. The summed E-state index contributed by atoms with van der Waals surface area (Å²) < 4.78 is 0. The molecular formula is C51H36. The van der Waals surface area contributed by atoms with Gasteiger partial charge in [0.05, 0.1) is 0 Å². The maximum atomic E-state index is 4.30. The van der Waals surface area contributed by atoms with Crippen molar-refractivity contribution in [2.24, 2.45) is 0 Å². The zero-order valence-corrected chi connectivity index (χ0v) is 28.9. The molecule has 0 unspecified atom stereocenters. The van der Waals surface area contributed by atoms with Crippen molar-refractivity contribution in [1.82, 2.24) is 0 Å². The van der Waals surface area contributed by atoms with Crippen molar-refractivity contribution in [3.05, 3.63) is 203 Å². The number of hydrogen-bond donors (Lipinski definition) is 0. The topological polar surface area (TPSA) is 0 Å². The summed E-state index contributed by atoms with van der Waals surface area (Å²) in [4.78, 5) is 0. The molecule has 240 valence electrons. The number of allylic oxidation sites excluding steroid dienone is 1. The molecule has 0 nitrogen and oxygen atoms in total. The smallest absolute Gasteiger partial charge is 0.0159 e. The maximum absolute atomic E-state index is 4.30. The van der Waals surface area contributed by atoms with E-state index in [9.17, 15) is 0 Å². The third kappa shape index (κ3) is 4.46. The second-order valence-corrected chi connectivity index (χ2v) is 14.5.